The van der Waals surface area contributed by atoms with Crippen molar-refractivity contribution in [2.45, 2.75) is 13.0 Å². The second-order valence-corrected chi connectivity index (χ2v) is 3.58. The third-order valence-electron chi connectivity index (χ3n) is 2.51. The lowest BCUT2D eigenvalue weighted by Gasteiger charge is -2.07. The molecule has 82 valence electrons. The van der Waals surface area contributed by atoms with E-state index in [-0.39, 0.29) is 11.5 Å². The van der Waals surface area contributed by atoms with Crippen LogP contribution < -0.4 is 5.73 Å². The van der Waals surface area contributed by atoms with Crippen LogP contribution in [-0.4, -0.2) is 27.9 Å². The first-order chi connectivity index (χ1) is 7.18. The summed E-state index contributed by atoms with van der Waals surface area (Å²) in [7, 11) is 0. The van der Waals surface area contributed by atoms with Gasteiger partial charge < -0.3 is 10.5 Å². The van der Waals surface area contributed by atoms with E-state index in [0.29, 0.717) is 19.1 Å². The van der Waals surface area contributed by atoms with Crippen molar-refractivity contribution in [2.24, 2.45) is 5.92 Å². The van der Waals surface area contributed by atoms with Crippen molar-refractivity contribution in [1.82, 2.24) is 9.78 Å². The SMILES string of the molecule is Nc1c([N+](=O)[O-])cnn1CC1CCOC1. The number of hydrogen-bond donors (Lipinski definition) is 1. The van der Waals surface area contributed by atoms with Crippen LogP contribution in [0.1, 0.15) is 6.42 Å². The molecule has 1 fully saturated rings. The lowest BCUT2D eigenvalue weighted by atomic mass is 10.1. The summed E-state index contributed by atoms with van der Waals surface area (Å²) in [6, 6.07) is 0. The molecule has 1 saturated heterocycles. The largest absolute Gasteiger partial charge is 0.381 e. The Morgan fingerprint density at radius 3 is 3.13 bits per heavy atom. The molecule has 1 aromatic heterocycles. The Labute approximate surface area is 86.0 Å². The van der Waals surface area contributed by atoms with Gasteiger partial charge in [0.05, 0.1) is 11.5 Å². The first kappa shape index (κ1) is 9.91. The van der Waals surface area contributed by atoms with Crippen LogP contribution in [0.2, 0.25) is 0 Å². The minimum Gasteiger partial charge on any atom is -0.381 e. The second-order valence-electron chi connectivity index (χ2n) is 3.58. The van der Waals surface area contributed by atoms with E-state index < -0.39 is 4.92 Å². The van der Waals surface area contributed by atoms with Crippen molar-refractivity contribution in [3.8, 4) is 0 Å². The number of anilines is 1. The van der Waals surface area contributed by atoms with E-state index in [2.05, 4.69) is 5.10 Å². The van der Waals surface area contributed by atoms with E-state index in [1.54, 1.807) is 0 Å². The smallest absolute Gasteiger partial charge is 0.330 e. The molecular formula is C8H12N4O3. The maximum atomic E-state index is 10.5. The maximum Gasteiger partial charge on any atom is 0.330 e. The van der Waals surface area contributed by atoms with Crippen molar-refractivity contribution >= 4 is 11.5 Å². The summed E-state index contributed by atoms with van der Waals surface area (Å²) >= 11 is 0. The van der Waals surface area contributed by atoms with Crippen LogP contribution in [0.5, 0.6) is 0 Å². The normalized spacial score (nSPS) is 20.7. The number of nitrogens with two attached hydrogens (primary N) is 1. The van der Waals surface area contributed by atoms with Gasteiger partial charge >= 0.3 is 5.69 Å². The molecule has 0 aromatic carbocycles. The van der Waals surface area contributed by atoms with Crippen molar-refractivity contribution in [2.75, 3.05) is 18.9 Å². The highest BCUT2D eigenvalue weighted by molar-refractivity contribution is 5.51. The van der Waals surface area contributed by atoms with Gasteiger partial charge in [0.25, 0.3) is 0 Å². The quantitative estimate of drug-likeness (QED) is 0.578. The predicted molar refractivity (Wildman–Crippen MR) is 52.2 cm³/mol. The third kappa shape index (κ3) is 1.91. The van der Waals surface area contributed by atoms with Gasteiger partial charge in [-0.1, -0.05) is 0 Å². The Morgan fingerprint density at radius 1 is 1.80 bits per heavy atom. The molecule has 1 atom stereocenters. The van der Waals surface area contributed by atoms with E-state index in [1.165, 1.54) is 10.9 Å². The fourth-order valence-electron chi connectivity index (χ4n) is 1.64. The third-order valence-corrected chi connectivity index (χ3v) is 2.51. The van der Waals surface area contributed by atoms with Gasteiger partial charge in [-0.25, -0.2) is 4.68 Å². The molecular weight excluding hydrogens is 200 g/mol. The monoisotopic (exact) mass is 212 g/mol. The van der Waals surface area contributed by atoms with E-state index in [1.807, 2.05) is 0 Å². The number of aromatic nitrogens is 2. The van der Waals surface area contributed by atoms with Crippen LogP contribution in [0.25, 0.3) is 0 Å². The Morgan fingerprint density at radius 2 is 2.60 bits per heavy atom. The van der Waals surface area contributed by atoms with Crippen molar-refractivity contribution < 1.29 is 9.66 Å². The minimum absolute atomic E-state index is 0.118. The molecule has 2 N–H and O–H groups in total. The number of rotatable bonds is 3. The summed E-state index contributed by atoms with van der Waals surface area (Å²) in [4.78, 5) is 10.00. The fraction of sp³-hybridized carbons (Fsp3) is 0.625. The molecule has 0 spiro atoms. The van der Waals surface area contributed by atoms with Crippen LogP contribution in [0.4, 0.5) is 11.5 Å². The molecule has 7 heteroatoms. The Balaban J connectivity index is 2.11. The van der Waals surface area contributed by atoms with Crippen LogP contribution in [0, 0.1) is 16.0 Å². The number of hydrogen-bond acceptors (Lipinski definition) is 5. The van der Waals surface area contributed by atoms with Crippen molar-refractivity contribution in [1.29, 1.82) is 0 Å². The number of nitrogens with zero attached hydrogens (tertiary/aromatic N) is 3. The molecule has 0 amide bonds. The first-order valence-corrected chi connectivity index (χ1v) is 4.72. The molecule has 1 unspecified atom stereocenters. The number of nitrogen functional groups attached to an aromatic ring is 1. The zero-order valence-corrected chi connectivity index (χ0v) is 8.13. The van der Waals surface area contributed by atoms with Gasteiger partial charge in [-0.2, -0.15) is 5.10 Å². The van der Waals surface area contributed by atoms with E-state index in [9.17, 15) is 10.1 Å². The average molecular weight is 212 g/mol. The summed E-state index contributed by atoms with van der Waals surface area (Å²) in [6.07, 6.45) is 2.14. The molecule has 2 heterocycles. The molecule has 2 rings (SSSR count). The van der Waals surface area contributed by atoms with Gasteiger partial charge in [0.2, 0.25) is 5.82 Å². The van der Waals surface area contributed by atoms with Crippen LogP contribution in [-0.2, 0) is 11.3 Å². The highest BCUT2D eigenvalue weighted by Crippen LogP contribution is 2.22. The average Bonchev–Trinajstić information content (AvgIpc) is 2.78. The molecule has 0 radical (unpaired) electrons. The molecule has 1 aliphatic heterocycles. The Hall–Kier alpha value is -1.63. The van der Waals surface area contributed by atoms with Gasteiger partial charge in [-0.15, -0.1) is 0 Å². The van der Waals surface area contributed by atoms with Gasteiger partial charge in [0, 0.05) is 19.1 Å². The molecule has 1 aromatic rings. The summed E-state index contributed by atoms with van der Waals surface area (Å²) in [6.45, 7) is 2.00. The van der Waals surface area contributed by atoms with Crippen molar-refractivity contribution in [3.63, 3.8) is 0 Å². The van der Waals surface area contributed by atoms with E-state index in [4.69, 9.17) is 10.5 Å². The zero-order chi connectivity index (χ0) is 10.8. The lowest BCUT2D eigenvalue weighted by Crippen LogP contribution is -2.14. The van der Waals surface area contributed by atoms with E-state index >= 15 is 0 Å². The molecule has 0 bridgehead atoms. The van der Waals surface area contributed by atoms with Crippen LogP contribution in [0.3, 0.4) is 0 Å². The van der Waals surface area contributed by atoms with Crippen molar-refractivity contribution in [3.05, 3.63) is 16.3 Å². The van der Waals surface area contributed by atoms with Crippen LogP contribution in [0.15, 0.2) is 6.20 Å². The molecule has 15 heavy (non-hydrogen) atoms. The number of nitro groups is 1. The van der Waals surface area contributed by atoms with Gasteiger partial charge in [0.15, 0.2) is 0 Å². The summed E-state index contributed by atoms with van der Waals surface area (Å²) in [5.74, 6) is 0.471. The highest BCUT2D eigenvalue weighted by Gasteiger charge is 2.22. The second kappa shape index (κ2) is 3.85. The summed E-state index contributed by atoms with van der Waals surface area (Å²) in [5, 5.41) is 14.4. The van der Waals surface area contributed by atoms with Gasteiger partial charge in [-0.05, 0) is 6.42 Å². The van der Waals surface area contributed by atoms with Gasteiger partial charge in [-0.3, -0.25) is 10.1 Å². The Kier molecular flexibility index (Phi) is 2.55. The van der Waals surface area contributed by atoms with E-state index in [0.717, 1.165) is 13.0 Å². The zero-order valence-electron chi connectivity index (χ0n) is 8.13. The highest BCUT2D eigenvalue weighted by atomic mass is 16.6. The van der Waals surface area contributed by atoms with Gasteiger partial charge in [0.1, 0.15) is 6.20 Å². The molecule has 1 aliphatic rings. The minimum atomic E-state index is -0.524. The lowest BCUT2D eigenvalue weighted by molar-refractivity contribution is -0.384. The Bertz CT molecular complexity index is 370. The fourth-order valence-corrected chi connectivity index (χ4v) is 1.64. The summed E-state index contributed by atoms with van der Waals surface area (Å²) in [5.41, 5.74) is 5.47. The predicted octanol–water partition coefficient (Wildman–Crippen LogP) is 0.410. The molecule has 7 nitrogen and oxygen atoms in total. The molecule has 0 saturated carbocycles. The topological polar surface area (TPSA) is 96.2 Å². The molecule has 0 aliphatic carbocycles. The number of ether oxygens (including phenoxy) is 1. The summed E-state index contributed by atoms with van der Waals surface area (Å²) < 4.78 is 6.68. The maximum absolute atomic E-state index is 10.5. The first-order valence-electron chi connectivity index (χ1n) is 4.72. The standard InChI is InChI=1S/C8H12N4O3/c9-8-7(12(13)14)3-10-11(8)4-6-1-2-15-5-6/h3,6H,1-2,4-5,9H2. The van der Waals surface area contributed by atoms with Crippen LogP contribution >= 0.6 is 0 Å².